The highest BCUT2D eigenvalue weighted by Crippen LogP contribution is 2.35. The summed E-state index contributed by atoms with van der Waals surface area (Å²) >= 11 is 12.1. The molecule has 1 aromatic heterocycles. The first kappa shape index (κ1) is 17.8. The standard InChI is InChI=1S/C18H11Cl2F3NO/c1-9-6-10(18(21,22)23)7-14-11(9)8-15(24(14)2)17(25)16-12(19)4-3-5-13(16)20/h3-4,6-8H,1-2H3. The summed E-state index contributed by atoms with van der Waals surface area (Å²) in [6.07, 6.45) is -4.46. The zero-order valence-electron chi connectivity index (χ0n) is 13.1. The molecule has 0 spiro atoms. The SMILES string of the molecule is Cc1cc(C(F)(F)F)cc2c1cc(C(=O)c1c(Cl)[c]ccc1Cl)n2C. The number of benzene rings is 2. The molecule has 3 aromatic rings. The Morgan fingerprint density at radius 3 is 2.48 bits per heavy atom. The largest absolute Gasteiger partial charge is 0.416 e. The van der Waals surface area contributed by atoms with Crippen LogP contribution < -0.4 is 0 Å². The van der Waals surface area contributed by atoms with Crippen molar-refractivity contribution >= 4 is 39.9 Å². The van der Waals surface area contributed by atoms with Crippen LogP contribution in [0.4, 0.5) is 13.2 Å². The fraction of sp³-hybridized carbons (Fsp3) is 0.167. The van der Waals surface area contributed by atoms with E-state index in [1.807, 2.05) is 0 Å². The van der Waals surface area contributed by atoms with Gasteiger partial charge < -0.3 is 4.57 Å². The van der Waals surface area contributed by atoms with Gasteiger partial charge in [0.05, 0.1) is 26.9 Å². The summed E-state index contributed by atoms with van der Waals surface area (Å²) in [7, 11) is 1.53. The Bertz CT molecular complexity index is 985. The van der Waals surface area contributed by atoms with E-state index in [9.17, 15) is 18.0 Å². The third kappa shape index (κ3) is 3.02. The maximum absolute atomic E-state index is 13.0. The molecule has 0 aliphatic heterocycles. The number of carbonyl (C=O) groups excluding carboxylic acids is 1. The molecule has 25 heavy (non-hydrogen) atoms. The van der Waals surface area contributed by atoms with E-state index in [2.05, 4.69) is 6.07 Å². The fourth-order valence-electron chi connectivity index (χ4n) is 2.77. The molecule has 0 unspecified atom stereocenters. The number of halogens is 5. The van der Waals surface area contributed by atoms with Gasteiger partial charge in [0.25, 0.3) is 0 Å². The molecule has 0 aliphatic carbocycles. The Morgan fingerprint density at radius 2 is 1.88 bits per heavy atom. The molecule has 0 saturated carbocycles. The van der Waals surface area contributed by atoms with Gasteiger partial charge in [0, 0.05) is 24.0 Å². The Hall–Kier alpha value is -1.98. The summed E-state index contributed by atoms with van der Waals surface area (Å²) in [6, 6.07) is 9.30. The number of rotatable bonds is 2. The molecule has 129 valence electrons. The first-order chi connectivity index (χ1) is 11.6. The molecule has 0 N–H and O–H groups in total. The lowest BCUT2D eigenvalue weighted by Gasteiger charge is -2.10. The second kappa shape index (κ2) is 6.07. The molecule has 3 rings (SSSR count). The number of aryl methyl sites for hydroxylation is 2. The van der Waals surface area contributed by atoms with Gasteiger partial charge in [-0.2, -0.15) is 13.2 Å². The van der Waals surface area contributed by atoms with Gasteiger partial charge in [0.15, 0.2) is 0 Å². The highest BCUT2D eigenvalue weighted by atomic mass is 35.5. The maximum atomic E-state index is 13.0. The predicted octanol–water partition coefficient (Wildman–Crippen LogP) is 5.84. The van der Waals surface area contributed by atoms with Gasteiger partial charge in [-0.1, -0.05) is 29.3 Å². The van der Waals surface area contributed by atoms with Gasteiger partial charge in [-0.15, -0.1) is 0 Å². The minimum absolute atomic E-state index is 0.0652. The number of fused-ring (bicyclic) bond motifs is 1. The zero-order chi connectivity index (χ0) is 18.5. The second-order valence-corrected chi connectivity index (χ2v) is 6.44. The van der Waals surface area contributed by atoms with E-state index in [1.54, 1.807) is 13.0 Å². The highest BCUT2D eigenvalue weighted by Gasteiger charge is 2.32. The lowest BCUT2D eigenvalue weighted by Crippen LogP contribution is -2.09. The van der Waals surface area contributed by atoms with Gasteiger partial charge in [0.2, 0.25) is 5.78 Å². The average molecular weight is 385 g/mol. The number of ketones is 1. The number of alkyl halides is 3. The molecule has 0 atom stereocenters. The van der Waals surface area contributed by atoms with Gasteiger partial charge >= 0.3 is 6.18 Å². The molecular formula is C18H11Cl2F3NO. The van der Waals surface area contributed by atoms with Crippen molar-refractivity contribution in [2.45, 2.75) is 13.1 Å². The van der Waals surface area contributed by atoms with Crippen molar-refractivity contribution in [3.05, 3.63) is 68.8 Å². The van der Waals surface area contributed by atoms with Crippen LogP contribution in [0.15, 0.2) is 30.3 Å². The van der Waals surface area contributed by atoms with Crippen LogP contribution >= 0.6 is 23.2 Å². The lowest BCUT2D eigenvalue weighted by molar-refractivity contribution is -0.137. The third-order valence-corrected chi connectivity index (χ3v) is 4.67. The smallest absolute Gasteiger partial charge is 0.341 e. The van der Waals surface area contributed by atoms with Crippen molar-refractivity contribution in [2.75, 3.05) is 0 Å². The summed E-state index contributed by atoms with van der Waals surface area (Å²) < 4.78 is 40.6. The van der Waals surface area contributed by atoms with Crippen LogP contribution in [0.2, 0.25) is 10.0 Å². The van der Waals surface area contributed by atoms with Crippen LogP contribution in [-0.4, -0.2) is 10.4 Å². The van der Waals surface area contributed by atoms with Crippen molar-refractivity contribution in [1.29, 1.82) is 0 Å². The molecule has 0 aliphatic rings. The average Bonchev–Trinajstić information content (AvgIpc) is 2.84. The van der Waals surface area contributed by atoms with E-state index in [1.165, 1.54) is 23.7 Å². The van der Waals surface area contributed by atoms with Crippen LogP contribution in [0.25, 0.3) is 10.9 Å². The van der Waals surface area contributed by atoms with E-state index in [0.29, 0.717) is 16.5 Å². The van der Waals surface area contributed by atoms with E-state index in [-0.39, 0.29) is 21.3 Å². The van der Waals surface area contributed by atoms with Gasteiger partial charge in [-0.25, -0.2) is 0 Å². The Kier molecular flexibility index (Phi) is 4.33. The number of aromatic nitrogens is 1. The molecule has 7 heteroatoms. The minimum atomic E-state index is -4.46. The van der Waals surface area contributed by atoms with Gasteiger partial charge in [0.1, 0.15) is 0 Å². The van der Waals surface area contributed by atoms with Crippen LogP contribution in [-0.2, 0) is 13.2 Å². The van der Waals surface area contributed by atoms with Gasteiger partial charge in [-0.3, -0.25) is 4.79 Å². The van der Waals surface area contributed by atoms with Gasteiger partial charge in [-0.05, 0) is 36.8 Å². The Labute approximate surface area is 151 Å². The molecule has 0 bridgehead atoms. The molecule has 2 aromatic carbocycles. The Balaban J connectivity index is 2.23. The normalized spacial score (nSPS) is 12.0. The molecule has 1 heterocycles. The summed E-state index contributed by atoms with van der Waals surface area (Å²) in [4.78, 5) is 12.8. The summed E-state index contributed by atoms with van der Waals surface area (Å²) in [5, 5.41) is 0.785. The number of nitrogens with zero attached hydrogens (tertiary/aromatic N) is 1. The Morgan fingerprint density at radius 1 is 1.20 bits per heavy atom. The van der Waals surface area contributed by atoms with Crippen molar-refractivity contribution in [1.82, 2.24) is 4.57 Å². The van der Waals surface area contributed by atoms with Crippen LogP contribution in [0, 0.1) is 13.0 Å². The lowest BCUT2D eigenvalue weighted by atomic mass is 10.1. The highest BCUT2D eigenvalue weighted by molar-refractivity contribution is 6.40. The van der Waals surface area contributed by atoms with Crippen molar-refractivity contribution in [3.8, 4) is 0 Å². The zero-order valence-corrected chi connectivity index (χ0v) is 14.6. The van der Waals surface area contributed by atoms with Crippen LogP contribution in [0.1, 0.15) is 27.2 Å². The molecule has 2 nitrogen and oxygen atoms in total. The van der Waals surface area contributed by atoms with Crippen molar-refractivity contribution < 1.29 is 18.0 Å². The van der Waals surface area contributed by atoms with Crippen molar-refractivity contribution in [2.24, 2.45) is 7.05 Å². The fourth-order valence-corrected chi connectivity index (χ4v) is 3.32. The molecule has 1 radical (unpaired) electrons. The second-order valence-electron chi connectivity index (χ2n) is 5.66. The topological polar surface area (TPSA) is 22.0 Å². The third-order valence-electron chi connectivity index (χ3n) is 4.05. The van der Waals surface area contributed by atoms with Crippen LogP contribution in [0.3, 0.4) is 0 Å². The van der Waals surface area contributed by atoms with Crippen LogP contribution in [0.5, 0.6) is 0 Å². The van der Waals surface area contributed by atoms with E-state index in [4.69, 9.17) is 23.2 Å². The van der Waals surface area contributed by atoms with E-state index in [0.717, 1.165) is 12.1 Å². The monoisotopic (exact) mass is 384 g/mol. The summed E-state index contributed by atoms with van der Waals surface area (Å²) in [6.45, 7) is 1.57. The molecule has 0 saturated heterocycles. The molecular weight excluding hydrogens is 374 g/mol. The van der Waals surface area contributed by atoms with E-state index >= 15 is 0 Å². The van der Waals surface area contributed by atoms with E-state index < -0.39 is 17.5 Å². The number of hydrogen-bond donors (Lipinski definition) is 0. The maximum Gasteiger partial charge on any atom is 0.416 e. The number of carbonyl (C=O) groups is 1. The summed E-state index contributed by atoms with van der Waals surface area (Å²) in [5.41, 5.74) is 0.243. The molecule has 0 amide bonds. The quantitative estimate of drug-likeness (QED) is 0.508. The van der Waals surface area contributed by atoms with Crippen molar-refractivity contribution in [3.63, 3.8) is 0 Å². The predicted molar refractivity (Wildman–Crippen MR) is 91.4 cm³/mol. The molecule has 0 fully saturated rings. The number of hydrogen-bond acceptors (Lipinski definition) is 1. The summed E-state index contributed by atoms with van der Waals surface area (Å²) in [5.74, 6) is -0.474. The minimum Gasteiger partial charge on any atom is -0.341 e. The first-order valence-electron chi connectivity index (χ1n) is 7.19. The first-order valence-corrected chi connectivity index (χ1v) is 7.94.